The van der Waals surface area contributed by atoms with Crippen molar-refractivity contribution in [2.75, 3.05) is 32.1 Å². The molecule has 1 N–H and O–H groups in total. The Morgan fingerprint density at radius 3 is 3.12 bits per heavy atom. The lowest BCUT2D eigenvalue weighted by Crippen LogP contribution is -2.42. The SMILES string of the molecule is COc1ccc2c(c1)C1CNCCC1N2C. The number of rotatable bonds is 1. The fraction of sp³-hybridized carbons (Fsp3) is 0.538. The summed E-state index contributed by atoms with van der Waals surface area (Å²) in [6, 6.07) is 7.11. The van der Waals surface area contributed by atoms with Gasteiger partial charge in [-0.05, 0) is 36.7 Å². The molecule has 0 aliphatic carbocycles. The number of piperidine rings is 1. The van der Waals surface area contributed by atoms with Crippen molar-refractivity contribution in [2.24, 2.45) is 0 Å². The van der Waals surface area contributed by atoms with Crippen LogP contribution in [0.1, 0.15) is 17.9 Å². The second-order valence-corrected chi connectivity index (χ2v) is 4.70. The van der Waals surface area contributed by atoms with Gasteiger partial charge in [0, 0.05) is 31.2 Å². The molecular formula is C13H18N2O. The van der Waals surface area contributed by atoms with E-state index in [1.165, 1.54) is 17.7 Å². The third-order valence-corrected chi connectivity index (χ3v) is 3.96. The smallest absolute Gasteiger partial charge is 0.119 e. The van der Waals surface area contributed by atoms with Crippen molar-refractivity contribution in [3.05, 3.63) is 23.8 Å². The molecule has 2 aliphatic rings. The van der Waals surface area contributed by atoms with E-state index in [1.54, 1.807) is 7.11 Å². The van der Waals surface area contributed by atoms with Crippen LogP contribution in [0.15, 0.2) is 18.2 Å². The minimum atomic E-state index is 0.629. The number of nitrogens with zero attached hydrogens (tertiary/aromatic N) is 1. The van der Waals surface area contributed by atoms with E-state index in [4.69, 9.17) is 4.74 Å². The van der Waals surface area contributed by atoms with Gasteiger partial charge in [-0.1, -0.05) is 0 Å². The summed E-state index contributed by atoms with van der Waals surface area (Å²) in [6.07, 6.45) is 1.23. The number of hydrogen-bond acceptors (Lipinski definition) is 3. The van der Waals surface area contributed by atoms with Crippen LogP contribution in [0.5, 0.6) is 5.75 Å². The van der Waals surface area contributed by atoms with E-state index in [-0.39, 0.29) is 0 Å². The summed E-state index contributed by atoms with van der Waals surface area (Å²) in [4.78, 5) is 2.43. The summed E-state index contributed by atoms with van der Waals surface area (Å²) in [5.74, 6) is 1.60. The Morgan fingerprint density at radius 1 is 1.44 bits per heavy atom. The van der Waals surface area contributed by atoms with Crippen molar-refractivity contribution >= 4 is 5.69 Å². The summed E-state index contributed by atoms with van der Waals surface area (Å²) in [6.45, 7) is 2.23. The first-order valence-corrected chi connectivity index (χ1v) is 5.93. The highest BCUT2D eigenvalue weighted by Crippen LogP contribution is 2.43. The first-order valence-electron chi connectivity index (χ1n) is 5.93. The number of methoxy groups -OCH3 is 1. The van der Waals surface area contributed by atoms with Gasteiger partial charge in [0.25, 0.3) is 0 Å². The summed E-state index contributed by atoms with van der Waals surface area (Å²) < 4.78 is 5.32. The maximum Gasteiger partial charge on any atom is 0.119 e. The van der Waals surface area contributed by atoms with Crippen molar-refractivity contribution < 1.29 is 4.74 Å². The van der Waals surface area contributed by atoms with Gasteiger partial charge in [-0.2, -0.15) is 0 Å². The molecule has 1 saturated heterocycles. The van der Waals surface area contributed by atoms with Crippen LogP contribution in [0.3, 0.4) is 0 Å². The summed E-state index contributed by atoms with van der Waals surface area (Å²) in [7, 11) is 3.94. The Bertz CT molecular complexity index is 405. The zero-order valence-electron chi connectivity index (χ0n) is 9.86. The lowest BCUT2D eigenvalue weighted by molar-refractivity contribution is 0.405. The Morgan fingerprint density at radius 2 is 2.31 bits per heavy atom. The number of likely N-dealkylation sites (N-methyl/N-ethyl adjacent to an activating group) is 1. The van der Waals surface area contributed by atoms with E-state index in [9.17, 15) is 0 Å². The van der Waals surface area contributed by atoms with E-state index in [0.29, 0.717) is 12.0 Å². The van der Waals surface area contributed by atoms with E-state index >= 15 is 0 Å². The molecule has 0 radical (unpaired) electrons. The monoisotopic (exact) mass is 218 g/mol. The highest BCUT2D eigenvalue weighted by molar-refractivity contribution is 5.63. The molecule has 2 unspecified atom stereocenters. The number of nitrogens with one attached hydrogen (secondary N) is 1. The van der Waals surface area contributed by atoms with Crippen LogP contribution in [0, 0.1) is 0 Å². The minimum Gasteiger partial charge on any atom is -0.497 e. The van der Waals surface area contributed by atoms with Crippen molar-refractivity contribution in [1.29, 1.82) is 0 Å². The highest BCUT2D eigenvalue weighted by atomic mass is 16.5. The first-order chi connectivity index (χ1) is 7.81. The average Bonchev–Trinajstić information content (AvgIpc) is 2.64. The summed E-state index contributed by atoms with van der Waals surface area (Å²) in [5.41, 5.74) is 2.82. The number of hydrogen-bond donors (Lipinski definition) is 1. The Labute approximate surface area is 96.4 Å². The normalized spacial score (nSPS) is 27.5. The molecule has 16 heavy (non-hydrogen) atoms. The van der Waals surface area contributed by atoms with Gasteiger partial charge >= 0.3 is 0 Å². The van der Waals surface area contributed by atoms with Gasteiger partial charge in [0.1, 0.15) is 5.75 Å². The number of ether oxygens (including phenoxy) is 1. The fourth-order valence-electron chi connectivity index (χ4n) is 3.08. The molecule has 0 saturated carbocycles. The topological polar surface area (TPSA) is 24.5 Å². The van der Waals surface area contributed by atoms with Crippen molar-refractivity contribution in [1.82, 2.24) is 5.32 Å². The average molecular weight is 218 g/mol. The molecular weight excluding hydrogens is 200 g/mol. The maximum atomic E-state index is 5.32. The molecule has 3 nitrogen and oxygen atoms in total. The van der Waals surface area contributed by atoms with Crippen LogP contribution in [0.2, 0.25) is 0 Å². The minimum absolute atomic E-state index is 0.629. The van der Waals surface area contributed by atoms with Crippen molar-refractivity contribution in [3.8, 4) is 5.75 Å². The molecule has 0 aromatic heterocycles. The number of fused-ring (bicyclic) bond motifs is 3. The molecule has 1 fully saturated rings. The van der Waals surface area contributed by atoms with Crippen LogP contribution in [0.25, 0.3) is 0 Å². The van der Waals surface area contributed by atoms with Gasteiger partial charge in [-0.25, -0.2) is 0 Å². The van der Waals surface area contributed by atoms with Crippen LogP contribution in [-0.2, 0) is 0 Å². The van der Waals surface area contributed by atoms with E-state index < -0.39 is 0 Å². The van der Waals surface area contributed by atoms with Crippen molar-refractivity contribution in [3.63, 3.8) is 0 Å². The number of anilines is 1. The quantitative estimate of drug-likeness (QED) is 0.774. The van der Waals surface area contributed by atoms with Gasteiger partial charge in [0.2, 0.25) is 0 Å². The third kappa shape index (κ3) is 1.31. The fourth-order valence-corrected chi connectivity index (χ4v) is 3.08. The Kier molecular flexibility index (Phi) is 2.28. The molecule has 1 aromatic carbocycles. The second kappa shape index (κ2) is 3.67. The van der Waals surface area contributed by atoms with Gasteiger partial charge in [-0.3, -0.25) is 0 Å². The van der Waals surface area contributed by atoms with Gasteiger partial charge in [-0.15, -0.1) is 0 Å². The summed E-state index contributed by atoms with van der Waals surface area (Å²) >= 11 is 0. The maximum absolute atomic E-state index is 5.32. The van der Waals surface area contributed by atoms with Crippen LogP contribution in [0.4, 0.5) is 5.69 Å². The Hall–Kier alpha value is -1.22. The van der Waals surface area contributed by atoms with Crippen molar-refractivity contribution in [2.45, 2.75) is 18.4 Å². The zero-order chi connectivity index (χ0) is 11.1. The molecule has 1 aromatic rings. The molecule has 0 bridgehead atoms. The third-order valence-electron chi connectivity index (χ3n) is 3.96. The predicted molar refractivity (Wildman–Crippen MR) is 65.4 cm³/mol. The number of benzene rings is 1. The second-order valence-electron chi connectivity index (χ2n) is 4.70. The van der Waals surface area contributed by atoms with Gasteiger partial charge in [0.15, 0.2) is 0 Å². The van der Waals surface area contributed by atoms with Crippen LogP contribution < -0.4 is 15.0 Å². The zero-order valence-corrected chi connectivity index (χ0v) is 9.86. The largest absolute Gasteiger partial charge is 0.497 e. The van der Waals surface area contributed by atoms with Gasteiger partial charge in [0.05, 0.1) is 7.11 Å². The molecule has 2 aliphatic heterocycles. The van der Waals surface area contributed by atoms with Crippen LogP contribution in [-0.4, -0.2) is 33.3 Å². The van der Waals surface area contributed by atoms with E-state index in [0.717, 1.165) is 18.8 Å². The first kappa shape index (κ1) is 9.97. The van der Waals surface area contributed by atoms with Gasteiger partial charge < -0.3 is 15.0 Å². The lowest BCUT2D eigenvalue weighted by Gasteiger charge is -2.31. The molecule has 2 heterocycles. The molecule has 2 atom stereocenters. The summed E-state index contributed by atoms with van der Waals surface area (Å²) in [5, 5.41) is 3.49. The lowest BCUT2D eigenvalue weighted by atomic mass is 9.90. The predicted octanol–water partition coefficient (Wildman–Crippen LogP) is 1.59. The molecule has 0 amide bonds. The standard InChI is InChI=1S/C13H18N2O/c1-15-12-4-3-9(16-2)7-10(12)11-8-14-6-5-13(11)15/h3-4,7,11,13-14H,5-6,8H2,1-2H3. The molecule has 3 heteroatoms. The molecule has 3 rings (SSSR count). The molecule has 86 valence electrons. The van der Waals surface area contributed by atoms with E-state index in [2.05, 4.69) is 35.5 Å². The highest BCUT2D eigenvalue weighted by Gasteiger charge is 2.37. The van der Waals surface area contributed by atoms with E-state index in [1.807, 2.05) is 0 Å². The Balaban J connectivity index is 2.04. The molecule has 0 spiro atoms. The van der Waals surface area contributed by atoms with Crippen LogP contribution >= 0.6 is 0 Å².